The van der Waals surface area contributed by atoms with Gasteiger partial charge in [0.2, 0.25) is 0 Å². The summed E-state index contributed by atoms with van der Waals surface area (Å²) in [4.78, 5) is 11.1. The van der Waals surface area contributed by atoms with E-state index in [4.69, 9.17) is 51.1 Å². The van der Waals surface area contributed by atoms with E-state index in [2.05, 4.69) is 0 Å². The van der Waals surface area contributed by atoms with Gasteiger partial charge in [0.25, 0.3) is 3.79 Å². The van der Waals surface area contributed by atoms with Crippen molar-refractivity contribution < 1.29 is 9.53 Å². The lowest BCUT2D eigenvalue weighted by atomic mass is 10.3. The zero-order valence-electron chi connectivity index (χ0n) is 6.64. The number of carbonyl (C=O) groups is 1. The first-order chi connectivity index (χ1) is 6.41. The highest BCUT2D eigenvalue weighted by molar-refractivity contribution is 6.75. The standard InChI is InChI=1S/C8H4Cl4O2/c9-5-3-1-2-4-6(5)14-7(13)8(10,11)12/h1-4H. The Hall–Kier alpha value is -0.150. The lowest BCUT2D eigenvalue weighted by molar-refractivity contribution is -0.133. The second-order valence-corrected chi connectivity index (χ2v) is 5.01. The van der Waals surface area contributed by atoms with Crippen molar-refractivity contribution in [3.8, 4) is 5.75 Å². The molecule has 1 aromatic rings. The lowest BCUT2D eigenvalue weighted by Gasteiger charge is -2.10. The van der Waals surface area contributed by atoms with Crippen molar-refractivity contribution in [3.05, 3.63) is 29.3 Å². The molecule has 0 aliphatic carbocycles. The van der Waals surface area contributed by atoms with Gasteiger partial charge >= 0.3 is 5.97 Å². The summed E-state index contributed by atoms with van der Waals surface area (Å²) in [7, 11) is 0. The van der Waals surface area contributed by atoms with Crippen molar-refractivity contribution in [2.24, 2.45) is 0 Å². The molecule has 0 heterocycles. The molecule has 0 saturated carbocycles. The van der Waals surface area contributed by atoms with Crippen LogP contribution in [0.25, 0.3) is 0 Å². The van der Waals surface area contributed by atoms with Crippen LogP contribution in [0.15, 0.2) is 24.3 Å². The summed E-state index contributed by atoms with van der Waals surface area (Å²) in [6.07, 6.45) is 0. The average molecular weight is 274 g/mol. The number of ether oxygens (including phenoxy) is 1. The Kier molecular flexibility index (Phi) is 3.90. The number of hydrogen-bond donors (Lipinski definition) is 0. The van der Waals surface area contributed by atoms with E-state index in [9.17, 15) is 4.79 Å². The van der Waals surface area contributed by atoms with Crippen LogP contribution in [0.4, 0.5) is 0 Å². The second-order valence-electron chi connectivity index (χ2n) is 2.32. The molecule has 0 aliphatic rings. The maximum Gasteiger partial charge on any atom is 0.363 e. The Balaban J connectivity index is 2.80. The molecule has 2 nitrogen and oxygen atoms in total. The molecule has 1 aromatic carbocycles. The summed E-state index contributed by atoms with van der Waals surface area (Å²) in [5.41, 5.74) is 0. The van der Waals surface area contributed by atoms with Gasteiger partial charge in [-0.25, -0.2) is 4.79 Å². The minimum Gasteiger partial charge on any atom is -0.422 e. The first-order valence-electron chi connectivity index (χ1n) is 3.45. The molecular formula is C8H4Cl4O2. The minimum atomic E-state index is -2.10. The number of halogens is 4. The molecule has 0 saturated heterocycles. The van der Waals surface area contributed by atoms with Gasteiger partial charge in [0, 0.05) is 0 Å². The van der Waals surface area contributed by atoms with Crippen LogP contribution in [0.5, 0.6) is 5.75 Å². The predicted molar refractivity (Wildman–Crippen MR) is 57.4 cm³/mol. The van der Waals surface area contributed by atoms with E-state index in [0.717, 1.165) is 0 Å². The molecule has 76 valence electrons. The molecule has 0 amide bonds. The van der Waals surface area contributed by atoms with Gasteiger partial charge in [0.1, 0.15) is 5.75 Å². The van der Waals surface area contributed by atoms with Gasteiger partial charge in [-0.15, -0.1) is 0 Å². The Morgan fingerprint density at radius 3 is 2.29 bits per heavy atom. The van der Waals surface area contributed by atoms with E-state index < -0.39 is 9.76 Å². The Bertz CT molecular complexity index is 345. The molecule has 0 fully saturated rings. The molecule has 0 N–H and O–H groups in total. The number of carbonyl (C=O) groups excluding carboxylic acids is 1. The van der Waals surface area contributed by atoms with Gasteiger partial charge in [-0.1, -0.05) is 58.5 Å². The number of hydrogen-bond acceptors (Lipinski definition) is 2. The van der Waals surface area contributed by atoms with Crippen LogP contribution in [-0.2, 0) is 4.79 Å². The molecule has 0 radical (unpaired) electrons. The van der Waals surface area contributed by atoms with E-state index in [1.807, 2.05) is 0 Å². The minimum absolute atomic E-state index is 0.158. The summed E-state index contributed by atoms with van der Waals surface area (Å²) >= 11 is 21.6. The highest BCUT2D eigenvalue weighted by Crippen LogP contribution is 2.30. The third-order valence-corrected chi connectivity index (χ3v) is 2.05. The monoisotopic (exact) mass is 272 g/mol. The van der Waals surface area contributed by atoms with Crippen LogP contribution in [0.3, 0.4) is 0 Å². The van der Waals surface area contributed by atoms with Gasteiger partial charge in [0.15, 0.2) is 0 Å². The fourth-order valence-electron chi connectivity index (χ4n) is 0.685. The Morgan fingerprint density at radius 2 is 1.79 bits per heavy atom. The van der Waals surface area contributed by atoms with Crippen molar-refractivity contribution >= 4 is 52.4 Å². The fraction of sp³-hybridized carbons (Fsp3) is 0.125. The van der Waals surface area contributed by atoms with E-state index in [0.29, 0.717) is 0 Å². The number of para-hydroxylation sites is 1. The van der Waals surface area contributed by atoms with E-state index in [-0.39, 0.29) is 10.8 Å². The van der Waals surface area contributed by atoms with Crippen molar-refractivity contribution in [2.75, 3.05) is 0 Å². The number of rotatable bonds is 1. The maximum atomic E-state index is 11.1. The highest BCUT2D eigenvalue weighted by Gasteiger charge is 2.33. The van der Waals surface area contributed by atoms with Gasteiger partial charge in [-0.05, 0) is 12.1 Å². The van der Waals surface area contributed by atoms with E-state index >= 15 is 0 Å². The molecule has 0 spiro atoms. The van der Waals surface area contributed by atoms with Crippen LogP contribution < -0.4 is 4.74 Å². The summed E-state index contributed by atoms with van der Waals surface area (Å²) in [5, 5.41) is 0.273. The SMILES string of the molecule is O=C(Oc1ccccc1Cl)C(Cl)(Cl)Cl. The van der Waals surface area contributed by atoms with Crippen LogP contribution >= 0.6 is 46.4 Å². The van der Waals surface area contributed by atoms with Gasteiger partial charge < -0.3 is 4.74 Å². The topological polar surface area (TPSA) is 26.3 Å². The zero-order valence-corrected chi connectivity index (χ0v) is 9.66. The quantitative estimate of drug-likeness (QED) is 0.444. The van der Waals surface area contributed by atoms with E-state index in [1.165, 1.54) is 6.07 Å². The Morgan fingerprint density at radius 1 is 1.21 bits per heavy atom. The van der Waals surface area contributed by atoms with Crippen LogP contribution in [0, 0.1) is 0 Å². The molecule has 14 heavy (non-hydrogen) atoms. The first-order valence-corrected chi connectivity index (χ1v) is 4.96. The number of benzene rings is 1. The molecule has 6 heteroatoms. The van der Waals surface area contributed by atoms with Gasteiger partial charge in [-0.3, -0.25) is 0 Å². The number of alkyl halides is 3. The molecule has 1 rings (SSSR count). The molecular weight excluding hydrogens is 270 g/mol. The largest absolute Gasteiger partial charge is 0.422 e. The smallest absolute Gasteiger partial charge is 0.363 e. The summed E-state index contributed by atoms with van der Waals surface area (Å²) < 4.78 is 2.64. The van der Waals surface area contributed by atoms with Crippen LogP contribution in [-0.4, -0.2) is 9.76 Å². The second kappa shape index (κ2) is 4.58. The third kappa shape index (κ3) is 3.21. The number of esters is 1. The molecule has 0 aromatic heterocycles. The van der Waals surface area contributed by atoms with Crippen molar-refractivity contribution in [3.63, 3.8) is 0 Å². The normalized spacial score (nSPS) is 11.1. The predicted octanol–water partition coefficient (Wildman–Crippen LogP) is 3.62. The van der Waals surface area contributed by atoms with Crippen molar-refractivity contribution in [1.82, 2.24) is 0 Å². The van der Waals surface area contributed by atoms with E-state index in [1.54, 1.807) is 18.2 Å². The van der Waals surface area contributed by atoms with Crippen LogP contribution in [0.1, 0.15) is 0 Å². The summed E-state index contributed by atoms with van der Waals surface area (Å²) in [5.74, 6) is -0.832. The van der Waals surface area contributed by atoms with Gasteiger partial charge in [-0.2, -0.15) is 0 Å². The first kappa shape index (κ1) is 11.9. The summed E-state index contributed by atoms with van der Waals surface area (Å²) in [6.45, 7) is 0. The van der Waals surface area contributed by atoms with Crippen molar-refractivity contribution in [1.29, 1.82) is 0 Å². The lowest BCUT2D eigenvalue weighted by Crippen LogP contribution is -2.24. The van der Waals surface area contributed by atoms with Gasteiger partial charge in [0.05, 0.1) is 5.02 Å². The highest BCUT2D eigenvalue weighted by atomic mass is 35.6. The third-order valence-electron chi connectivity index (χ3n) is 1.27. The average Bonchev–Trinajstić information content (AvgIpc) is 2.07. The Labute approximate surface area is 101 Å². The molecule has 0 aliphatic heterocycles. The summed E-state index contributed by atoms with van der Waals surface area (Å²) in [6, 6.07) is 6.39. The molecule has 0 atom stereocenters. The molecule has 0 bridgehead atoms. The molecule has 0 unspecified atom stereocenters. The fourth-order valence-corrected chi connectivity index (χ4v) is 0.975. The zero-order chi connectivity index (χ0) is 10.8. The van der Waals surface area contributed by atoms with Crippen LogP contribution in [0.2, 0.25) is 5.02 Å². The van der Waals surface area contributed by atoms with Crippen molar-refractivity contribution in [2.45, 2.75) is 3.79 Å². The maximum absolute atomic E-state index is 11.1.